The molecule has 0 bridgehead atoms. The first-order valence-corrected chi connectivity index (χ1v) is 10.4. The number of amides is 1. The van der Waals surface area contributed by atoms with Gasteiger partial charge in [0, 0.05) is 43.5 Å². The predicted octanol–water partition coefficient (Wildman–Crippen LogP) is 1.40. The summed E-state index contributed by atoms with van der Waals surface area (Å²) < 4.78 is 16.5. The Bertz CT molecular complexity index is 1010. The highest BCUT2D eigenvalue weighted by molar-refractivity contribution is 6.00. The number of aldehydes is 1. The van der Waals surface area contributed by atoms with E-state index in [1.165, 1.54) is 0 Å². The molecule has 0 spiro atoms. The summed E-state index contributed by atoms with van der Waals surface area (Å²) in [6.45, 7) is 8.00. The fourth-order valence-corrected chi connectivity index (χ4v) is 3.65. The van der Waals surface area contributed by atoms with Gasteiger partial charge in [0.1, 0.15) is 12.2 Å². The van der Waals surface area contributed by atoms with Crippen LogP contribution in [0.2, 0.25) is 0 Å². The smallest absolute Gasteiger partial charge is 0.339 e. The van der Waals surface area contributed by atoms with Gasteiger partial charge in [-0.1, -0.05) is 0 Å². The van der Waals surface area contributed by atoms with Crippen LogP contribution < -0.4 is 15.7 Å². The minimum Gasteiger partial charge on any atom is -0.504 e. The van der Waals surface area contributed by atoms with Crippen molar-refractivity contribution in [1.82, 2.24) is 10.2 Å². The summed E-state index contributed by atoms with van der Waals surface area (Å²) >= 11 is 0. The zero-order valence-electron chi connectivity index (χ0n) is 17.9. The largest absolute Gasteiger partial charge is 0.504 e. The Morgan fingerprint density at radius 3 is 2.77 bits per heavy atom. The molecule has 0 radical (unpaired) electrons. The number of phenolic OH excluding ortho intramolecular Hbond substituents is 1. The number of nitrogens with zero attached hydrogens (tertiary/aromatic N) is 1. The summed E-state index contributed by atoms with van der Waals surface area (Å²) in [6, 6.07) is 1.57. The molecule has 1 aliphatic heterocycles. The van der Waals surface area contributed by atoms with Gasteiger partial charge in [-0.3, -0.25) is 14.5 Å². The Morgan fingerprint density at radius 1 is 1.35 bits per heavy atom. The molecule has 1 saturated heterocycles. The average Bonchev–Trinajstić information content (AvgIpc) is 2.75. The SMILES string of the molecule is CCNC(=O)CCc1c(C)c2cc(OCCN3CCOCC3)c(O)c(C=O)c2oc1=O. The number of phenols is 1. The molecule has 1 amide bonds. The van der Waals surface area contributed by atoms with Gasteiger partial charge in [-0.05, 0) is 31.9 Å². The van der Waals surface area contributed by atoms with Crippen LogP contribution in [0.15, 0.2) is 15.3 Å². The lowest BCUT2D eigenvalue weighted by molar-refractivity contribution is -0.120. The second-order valence-corrected chi connectivity index (χ2v) is 7.38. The number of nitrogens with one attached hydrogen (secondary N) is 1. The van der Waals surface area contributed by atoms with Crippen molar-refractivity contribution in [1.29, 1.82) is 0 Å². The molecule has 1 aliphatic rings. The van der Waals surface area contributed by atoms with Gasteiger partial charge in [0.15, 0.2) is 23.4 Å². The van der Waals surface area contributed by atoms with Crippen LogP contribution in [0.3, 0.4) is 0 Å². The summed E-state index contributed by atoms with van der Waals surface area (Å²) in [5.74, 6) is -0.371. The average molecular weight is 432 g/mol. The van der Waals surface area contributed by atoms with E-state index >= 15 is 0 Å². The number of aromatic hydroxyl groups is 1. The fraction of sp³-hybridized carbons (Fsp3) is 0.500. The maximum Gasteiger partial charge on any atom is 0.339 e. The molecule has 0 atom stereocenters. The van der Waals surface area contributed by atoms with Gasteiger partial charge in [-0.15, -0.1) is 0 Å². The molecule has 0 saturated carbocycles. The number of carbonyl (C=O) groups excluding carboxylic acids is 2. The Hall–Kier alpha value is -2.91. The first-order chi connectivity index (χ1) is 15.0. The lowest BCUT2D eigenvalue weighted by atomic mass is 9.99. The lowest BCUT2D eigenvalue weighted by Gasteiger charge is -2.26. The van der Waals surface area contributed by atoms with Crippen molar-refractivity contribution in [3.63, 3.8) is 0 Å². The number of benzene rings is 1. The molecule has 168 valence electrons. The van der Waals surface area contributed by atoms with Crippen LogP contribution in [0, 0.1) is 6.92 Å². The third kappa shape index (κ3) is 5.23. The van der Waals surface area contributed by atoms with Crippen LogP contribution >= 0.6 is 0 Å². The van der Waals surface area contributed by atoms with Gasteiger partial charge >= 0.3 is 5.63 Å². The molecule has 2 aromatic rings. The monoisotopic (exact) mass is 432 g/mol. The molecular weight excluding hydrogens is 404 g/mol. The van der Waals surface area contributed by atoms with Crippen molar-refractivity contribution >= 4 is 23.2 Å². The lowest BCUT2D eigenvalue weighted by Crippen LogP contribution is -2.38. The summed E-state index contributed by atoms with van der Waals surface area (Å²) in [7, 11) is 0. The van der Waals surface area contributed by atoms with Crippen LogP contribution in [0.1, 0.15) is 34.8 Å². The molecule has 1 fully saturated rings. The van der Waals surface area contributed by atoms with Crippen LogP contribution in [0.5, 0.6) is 11.5 Å². The maximum atomic E-state index is 12.5. The molecule has 0 aliphatic carbocycles. The standard InChI is InChI=1S/C22H28N2O7/c1-3-23-19(26)5-4-15-14(2)16-12-18(30-11-8-24-6-9-29-10-7-24)20(27)17(13-25)21(16)31-22(15)28/h12-13,27H,3-11H2,1-2H3,(H,23,26). The quantitative estimate of drug-likeness (QED) is 0.451. The number of fused-ring (bicyclic) bond motifs is 1. The van der Waals surface area contributed by atoms with Gasteiger partial charge in [-0.2, -0.15) is 0 Å². The molecule has 9 nitrogen and oxygen atoms in total. The predicted molar refractivity (Wildman–Crippen MR) is 114 cm³/mol. The molecule has 1 aromatic carbocycles. The molecule has 9 heteroatoms. The van der Waals surface area contributed by atoms with Crippen molar-refractivity contribution in [3.05, 3.63) is 33.2 Å². The van der Waals surface area contributed by atoms with Crippen molar-refractivity contribution < 1.29 is 28.6 Å². The number of ether oxygens (including phenoxy) is 2. The van der Waals surface area contributed by atoms with Crippen LogP contribution in [-0.4, -0.2) is 68.2 Å². The van der Waals surface area contributed by atoms with E-state index in [-0.39, 0.29) is 41.4 Å². The van der Waals surface area contributed by atoms with E-state index < -0.39 is 5.63 Å². The fourth-order valence-electron chi connectivity index (χ4n) is 3.65. The van der Waals surface area contributed by atoms with E-state index in [2.05, 4.69) is 10.2 Å². The number of carbonyl (C=O) groups is 2. The van der Waals surface area contributed by atoms with E-state index in [1.807, 2.05) is 6.92 Å². The molecular formula is C22H28N2O7. The Balaban J connectivity index is 1.89. The number of morpholine rings is 1. The highest BCUT2D eigenvalue weighted by Gasteiger charge is 2.21. The maximum absolute atomic E-state index is 12.5. The second-order valence-electron chi connectivity index (χ2n) is 7.38. The van der Waals surface area contributed by atoms with Gasteiger partial charge < -0.3 is 24.3 Å². The Labute approximate surface area is 179 Å². The highest BCUT2D eigenvalue weighted by atomic mass is 16.5. The van der Waals surface area contributed by atoms with Gasteiger partial charge in [0.25, 0.3) is 0 Å². The Morgan fingerprint density at radius 2 is 2.10 bits per heavy atom. The van der Waals surface area contributed by atoms with Crippen molar-refractivity contribution in [2.75, 3.05) is 46.0 Å². The van der Waals surface area contributed by atoms with Gasteiger partial charge in [0.05, 0.1) is 13.2 Å². The zero-order valence-corrected chi connectivity index (χ0v) is 17.9. The molecule has 31 heavy (non-hydrogen) atoms. The summed E-state index contributed by atoms with van der Waals surface area (Å²) in [5.41, 5.74) is 0.210. The molecule has 1 aromatic heterocycles. The van der Waals surface area contributed by atoms with Crippen LogP contribution in [0.25, 0.3) is 11.0 Å². The van der Waals surface area contributed by atoms with E-state index in [4.69, 9.17) is 13.9 Å². The van der Waals surface area contributed by atoms with E-state index in [9.17, 15) is 19.5 Å². The van der Waals surface area contributed by atoms with Gasteiger partial charge in [0.2, 0.25) is 5.91 Å². The summed E-state index contributed by atoms with van der Waals surface area (Å²) in [5, 5.41) is 13.7. The minimum atomic E-state index is -0.627. The summed E-state index contributed by atoms with van der Waals surface area (Å²) in [4.78, 5) is 38.1. The van der Waals surface area contributed by atoms with Crippen molar-refractivity contribution in [2.24, 2.45) is 0 Å². The van der Waals surface area contributed by atoms with Crippen LogP contribution in [-0.2, 0) is 16.0 Å². The molecule has 2 N–H and O–H groups in total. The van der Waals surface area contributed by atoms with E-state index in [1.54, 1.807) is 13.0 Å². The minimum absolute atomic E-state index is 0.0114. The third-order valence-electron chi connectivity index (χ3n) is 5.41. The molecule has 0 unspecified atom stereocenters. The molecule has 2 heterocycles. The number of hydrogen-bond donors (Lipinski definition) is 2. The normalized spacial score (nSPS) is 14.5. The second kappa shape index (κ2) is 10.4. The van der Waals surface area contributed by atoms with Crippen molar-refractivity contribution in [3.8, 4) is 11.5 Å². The highest BCUT2D eigenvalue weighted by Crippen LogP contribution is 2.37. The number of rotatable bonds is 9. The van der Waals surface area contributed by atoms with Crippen molar-refractivity contribution in [2.45, 2.75) is 26.7 Å². The number of hydrogen-bond acceptors (Lipinski definition) is 8. The first kappa shape index (κ1) is 22.8. The summed E-state index contributed by atoms with van der Waals surface area (Å²) in [6.07, 6.45) is 0.802. The zero-order chi connectivity index (χ0) is 22.4. The number of aryl methyl sites for hydroxylation is 1. The van der Waals surface area contributed by atoms with E-state index in [0.717, 1.165) is 13.1 Å². The third-order valence-corrected chi connectivity index (χ3v) is 5.41. The van der Waals surface area contributed by atoms with Gasteiger partial charge in [-0.25, -0.2) is 4.79 Å². The first-order valence-electron chi connectivity index (χ1n) is 10.4. The van der Waals surface area contributed by atoms with E-state index in [0.29, 0.717) is 55.7 Å². The van der Waals surface area contributed by atoms with Crippen LogP contribution in [0.4, 0.5) is 0 Å². The molecule has 3 rings (SSSR count). The Kier molecular flexibility index (Phi) is 7.64. The topological polar surface area (TPSA) is 118 Å².